The third-order valence-electron chi connectivity index (χ3n) is 5.60. The molecule has 4 rings (SSSR count). The monoisotopic (exact) mass is 379 g/mol. The van der Waals surface area contributed by atoms with E-state index in [4.69, 9.17) is 4.74 Å². The number of aromatic hydroxyl groups is 3. The van der Waals surface area contributed by atoms with Gasteiger partial charge in [0.2, 0.25) is 0 Å². The van der Waals surface area contributed by atoms with Gasteiger partial charge in [0.25, 0.3) is 0 Å². The van der Waals surface area contributed by atoms with Gasteiger partial charge in [-0.15, -0.1) is 0 Å². The van der Waals surface area contributed by atoms with Crippen LogP contribution in [-0.4, -0.2) is 28.5 Å². The number of ether oxygens (including phenoxy) is 1. The number of methoxy groups -OCH3 is 1. The lowest BCUT2D eigenvalue weighted by Crippen LogP contribution is -2.36. The molecule has 0 unspecified atom stereocenters. The SMILES string of the molecule is COc1ccc(-c2c(O)cc(O)c3c2C[C@@H](C)N[C@@H]3C)c2cc(C)cc(O)c12. The van der Waals surface area contributed by atoms with Crippen LogP contribution in [-0.2, 0) is 6.42 Å². The maximum Gasteiger partial charge on any atom is 0.130 e. The molecule has 5 heteroatoms. The van der Waals surface area contributed by atoms with Gasteiger partial charge in [-0.25, -0.2) is 0 Å². The molecule has 0 fully saturated rings. The second-order valence-electron chi connectivity index (χ2n) is 7.70. The van der Waals surface area contributed by atoms with Gasteiger partial charge in [0.1, 0.15) is 23.0 Å². The molecule has 0 aromatic heterocycles. The van der Waals surface area contributed by atoms with Crippen LogP contribution < -0.4 is 10.1 Å². The van der Waals surface area contributed by atoms with Crippen molar-refractivity contribution in [2.45, 2.75) is 39.3 Å². The van der Waals surface area contributed by atoms with Crippen molar-refractivity contribution >= 4 is 10.8 Å². The minimum atomic E-state index is -0.0299. The molecule has 5 nitrogen and oxygen atoms in total. The van der Waals surface area contributed by atoms with Gasteiger partial charge in [0.05, 0.1) is 12.5 Å². The molecule has 0 saturated carbocycles. The van der Waals surface area contributed by atoms with Gasteiger partial charge in [-0.05, 0) is 67.5 Å². The van der Waals surface area contributed by atoms with E-state index in [1.807, 2.05) is 26.0 Å². The Morgan fingerprint density at radius 1 is 1.00 bits per heavy atom. The summed E-state index contributed by atoms with van der Waals surface area (Å²) in [4.78, 5) is 0. The number of phenols is 3. The molecule has 4 N–H and O–H groups in total. The summed E-state index contributed by atoms with van der Waals surface area (Å²) in [5.41, 5.74) is 4.17. The van der Waals surface area contributed by atoms with E-state index < -0.39 is 0 Å². The standard InChI is InChI=1S/C23H25NO4/c1-11-7-15-14(5-6-20(28-4)23(15)17(25)8-11)22-16-9-12(2)24-13(3)21(16)18(26)10-19(22)27/h5-8,10,12-13,24-27H,9H2,1-4H3/t12-,13-/m1/s1. The summed E-state index contributed by atoms with van der Waals surface area (Å²) in [6.45, 7) is 6.02. The third kappa shape index (κ3) is 2.74. The zero-order valence-electron chi connectivity index (χ0n) is 16.5. The Hall–Kier alpha value is -2.92. The van der Waals surface area contributed by atoms with Crippen LogP contribution in [0.15, 0.2) is 30.3 Å². The van der Waals surface area contributed by atoms with Gasteiger partial charge in [0, 0.05) is 29.3 Å². The van der Waals surface area contributed by atoms with Gasteiger partial charge in [-0.1, -0.05) is 6.07 Å². The summed E-state index contributed by atoms with van der Waals surface area (Å²) in [5.74, 6) is 0.848. The molecule has 3 aromatic rings. The van der Waals surface area contributed by atoms with Crippen molar-refractivity contribution in [3.63, 3.8) is 0 Å². The number of aryl methyl sites for hydroxylation is 1. The summed E-state index contributed by atoms with van der Waals surface area (Å²) in [6.07, 6.45) is 0.683. The van der Waals surface area contributed by atoms with Gasteiger partial charge < -0.3 is 25.4 Å². The molecule has 3 aromatic carbocycles. The van der Waals surface area contributed by atoms with E-state index in [0.29, 0.717) is 23.1 Å². The van der Waals surface area contributed by atoms with E-state index in [1.165, 1.54) is 6.07 Å². The summed E-state index contributed by atoms with van der Waals surface area (Å²) >= 11 is 0. The molecule has 1 heterocycles. The van der Waals surface area contributed by atoms with Crippen LogP contribution in [0.2, 0.25) is 0 Å². The highest BCUT2D eigenvalue weighted by Gasteiger charge is 2.29. The Balaban J connectivity index is 2.12. The molecule has 0 spiro atoms. The highest BCUT2D eigenvalue weighted by molar-refractivity contribution is 6.05. The lowest BCUT2D eigenvalue weighted by molar-refractivity contribution is 0.402. The molecule has 1 aliphatic rings. The Labute approximate surface area is 164 Å². The van der Waals surface area contributed by atoms with E-state index in [1.54, 1.807) is 19.2 Å². The van der Waals surface area contributed by atoms with Crippen LogP contribution >= 0.6 is 0 Å². The first-order chi connectivity index (χ1) is 13.3. The van der Waals surface area contributed by atoms with E-state index in [9.17, 15) is 15.3 Å². The molecule has 146 valence electrons. The molecular weight excluding hydrogens is 354 g/mol. The number of benzene rings is 3. The minimum absolute atomic E-state index is 0.0299. The molecule has 0 amide bonds. The van der Waals surface area contributed by atoms with Crippen LogP contribution in [0.5, 0.6) is 23.0 Å². The summed E-state index contributed by atoms with van der Waals surface area (Å²) in [7, 11) is 1.57. The van der Waals surface area contributed by atoms with Crippen molar-refractivity contribution in [1.82, 2.24) is 5.32 Å². The fraction of sp³-hybridized carbons (Fsp3) is 0.304. The average molecular weight is 379 g/mol. The second-order valence-corrected chi connectivity index (χ2v) is 7.70. The Morgan fingerprint density at radius 3 is 2.46 bits per heavy atom. The molecule has 0 radical (unpaired) electrons. The quantitative estimate of drug-likeness (QED) is 0.526. The van der Waals surface area contributed by atoms with Crippen molar-refractivity contribution in [1.29, 1.82) is 0 Å². The topological polar surface area (TPSA) is 82.0 Å². The van der Waals surface area contributed by atoms with E-state index in [0.717, 1.165) is 27.6 Å². The lowest BCUT2D eigenvalue weighted by Gasteiger charge is -2.32. The number of hydrogen-bond acceptors (Lipinski definition) is 5. The van der Waals surface area contributed by atoms with Gasteiger partial charge in [-0.2, -0.15) is 0 Å². The van der Waals surface area contributed by atoms with Crippen LogP contribution in [0, 0.1) is 6.92 Å². The Bertz CT molecular complexity index is 1090. The number of hydrogen-bond donors (Lipinski definition) is 4. The highest BCUT2D eigenvalue weighted by Crippen LogP contribution is 2.48. The zero-order valence-corrected chi connectivity index (χ0v) is 16.5. The largest absolute Gasteiger partial charge is 0.507 e. The molecular formula is C23H25NO4. The van der Waals surface area contributed by atoms with E-state index in [2.05, 4.69) is 12.2 Å². The first-order valence-corrected chi connectivity index (χ1v) is 9.46. The Kier molecular flexibility index (Phi) is 4.35. The van der Waals surface area contributed by atoms with Crippen molar-refractivity contribution < 1.29 is 20.1 Å². The first kappa shape index (κ1) is 18.4. The van der Waals surface area contributed by atoms with E-state index >= 15 is 0 Å². The van der Waals surface area contributed by atoms with E-state index in [-0.39, 0.29) is 29.3 Å². The molecule has 0 aliphatic carbocycles. The smallest absolute Gasteiger partial charge is 0.130 e. The molecule has 0 saturated heterocycles. The number of nitrogens with one attached hydrogen (secondary N) is 1. The van der Waals surface area contributed by atoms with Crippen molar-refractivity contribution in [2.24, 2.45) is 0 Å². The molecule has 28 heavy (non-hydrogen) atoms. The zero-order chi connectivity index (χ0) is 20.2. The predicted molar refractivity (Wildman–Crippen MR) is 110 cm³/mol. The Morgan fingerprint density at radius 2 is 1.75 bits per heavy atom. The maximum atomic E-state index is 10.8. The van der Waals surface area contributed by atoms with Gasteiger partial charge in [-0.3, -0.25) is 0 Å². The van der Waals surface area contributed by atoms with Crippen molar-refractivity contribution in [3.8, 4) is 34.1 Å². The van der Waals surface area contributed by atoms with Crippen molar-refractivity contribution in [2.75, 3.05) is 7.11 Å². The second kappa shape index (κ2) is 6.60. The fourth-order valence-corrected chi connectivity index (χ4v) is 4.55. The van der Waals surface area contributed by atoms with Crippen LogP contribution in [0.1, 0.15) is 36.6 Å². The molecule has 2 atom stereocenters. The number of fused-ring (bicyclic) bond motifs is 2. The summed E-state index contributed by atoms with van der Waals surface area (Å²) in [6, 6.07) is 8.99. The van der Waals surface area contributed by atoms with Gasteiger partial charge >= 0.3 is 0 Å². The maximum absolute atomic E-state index is 10.8. The van der Waals surface area contributed by atoms with Crippen LogP contribution in [0.4, 0.5) is 0 Å². The lowest BCUT2D eigenvalue weighted by atomic mass is 9.83. The van der Waals surface area contributed by atoms with Crippen LogP contribution in [0.25, 0.3) is 21.9 Å². The predicted octanol–water partition coefficient (Wildman–Crippen LogP) is 4.54. The molecule has 1 aliphatic heterocycles. The number of rotatable bonds is 2. The third-order valence-corrected chi connectivity index (χ3v) is 5.60. The first-order valence-electron chi connectivity index (χ1n) is 9.46. The summed E-state index contributed by atoms with van der Waals surface area (Å²) < 4.78 is 5.46. The summed E-state index contributed by atoms with van der Waals surface area (Å²) in [5, 5.41) is 36.8. The minimum Gasteiger partial charge on any atom is -0.507 e. The fourth-order valence-electron chi connectivity index (χ4n) is 4.55. The van der Waals surface area contributed by atoms with Crippen molar-refractivity contribution in [3.05, 3.63) is 47.0 Å². The molecule has 0 bridgehead atoms. The average Bonchev–Trinajstić information content (AvgIpc) is 2.60. The highest BCUT2D eigenvalue weighted by atomic mass is 16.5. The normalized spacial score (nSPS) is 18.9. The van der Waals surface area contributed by atoms with Gasteiger partial charge in [0.15, 0.2) is 0 Å². The number of phenolic OH excluding ortho intramolecular Hbond substituents is 3. The van der Waals surface area contributed by atoms with Crippen LogP contribution in [0.3, 0.4) is 0 Å².